The number of rotatable bonds is 10. The fourth-order valence-corrected chi connectivity index (χ4v) is 8.94. The Balaban J connectivity index is 0.000000201. The van der Waals surface area contributed by atoms with Crippen LogP contribution in [-0.2, 0) is 28.4 Å². The number of ether oxygens (including phenoxy) is 6. The Kier molecular flexibility index (Phi) is 14.9. The average molecular weight is 721 g/mol. The first-order chi connectivity index (χ1) is 24.7. The van der Waals surface area contributed by atoms with E-state index in [2.05, 4.69) is 107 Å². The summed E-state index contributed by atoms with van der Waals surface area (Å²) in [6, 6.07) is 8.60. The Bertz CT molecular complexity index is 1330. The van der Waals surface area contributed by atoms with E-state index in [0.717, 1.165) is 23.0 Å². The monoisotopic (exact) mass is 721 g/mol. The minimum absolute atomic E-state index is 0.0334. The lowest BCUT2D eigenvalue weighted by Crippen LogP contribution is -2.36. The van der Waals surface area contributed by atoms with Crippen LogP contribution in [0.5, 0.6) is 0 Å². The first kappa shape index (κ1) is 41.4. The Morgan fingerprint density at radius 3 is 1.31 bits per heavy atom. The van der Waals surface area contributed by atoms with Gasteiger partial charge in [0.15, 0.2) is 12.6 Å². The lowest BCUT2D eigenvalue weighted by atomic mass is 9.75. The van der Waals surface area contributed by atoms with Crippen molar-refractivity contribution in [2.24, 2.45) is 35.5 Å². The van der Waals surface area contributed by atoms with Gasteiger partial charge in [-0.3, -0.25) is 0 Å². The fraction of sp³-hybridized carbons (Fsp3) is 0.739. The van der Waals surface area contributed by atoms with Gasteiger partial charge in [0.05, 0.1) is 38.6 Å². The SMILES string of the molecule is Cc1ccc(C2OCC(COC3CC(C)CCC3C(C)C)O2)c(C)c1C.Cc1ccc(C2OCC(CO[C@@H]3C[C@H](C)CCC3C(C)C)O2)c(C)c1C. The molecule has 8 unspecified atom stereocenters. The lowest BCUT2D eigenvalue weighted by molar-refractivity contribution is -0.0995. The predicted octanol–water partition coefficient (Wildman–Crippen LogP) is 11.0. The zero-order valence-electron chi connectivity index (χ0n) is 34.8. The molecule has 0 bridgehead atoms. The highest BCUT2D eigenvalue weighted by Crippen LogP contribution is 2.38. The predicted molar refractivity (Wildman–Crippen MR) is 211 cm³/mol. The van der Waals surface area contributed by atoms with Crippen LogP contribution in [0.4, 0.5) is 0 Å². The molecule has 0 radical (unpaired) electrons. The topological polar surface area (TPSA) is 55.4 Å². The fourth-order valence-electron chi connectivity index (χ4n) is 8.94. The third kappa shape index (κ3) is 10.3. The van der Waals surface area contributed by atoms with Crippen LogP contribution >= 0.6 is 0 Å². The van der Waals surface area contributed by atoms with Crippen molar-refractivity contribution in [2.75, 3.05) is 26.4 Å². The lowest BCUT2D eigenvalue weighted by Gasteiger charge is -2.37. The molecule has 2 aliphatic carbocycles. The molecular weight excluding hydrogens is 649 g/mol. The van der Waals surface area contributed by atoms with Crippen molar-refractivity contribution >= 4 is 0 Å². The molecule has 292 valence electrons. The molecule has 10 atom stereocenters. The first-order valence-corrected chi connectivity index (χ1v) is 20.6. The van der Waals surface area contributed by atoms with Gasteiger partial charge < -0.3 is 28.4 Å². The summed E-state index contributed by atoms with van der Waals surface area (Å²) in [5.41, 5.74) is 10.1. The van der Waals surface area contributed by atoms with Gasteiger partial charge in [-0.05, 0) is 136 Å². The summed E-state index contributed by atoms with van der Waals surface area (Å²) < 4.78 is 37.0. The molecule has 0 aromatic heterocycles. The van der Waals surface area contributed by atoms with E-state index in [1.165, 1.54) is 71.9 Å². The van der Waals surface area contributed by atoms with E-state index in [1.807, 2.05) is 0 Å². The van der Waals surface area contributed by atoms with Crippen molar-refractivity contribution in [1.82, 2.24) is 0 Å². The van der Waals surface area contributed by atoms with E-state index in [1.54, 1.807) is 0 Å². The number of aryl methyl sites for hydroxylation is 2. The van der Waals surface area contributed by atoms with Gasteiger partial charge in [-0.25, -0.2) is 0 Å². The molecule has 2 aromatic carbocycles. The number of hydrogen-bond acceptors (Lipinski definition) is 6. The second-order valence-electron chi connectivity index (χ2n) is 17.7. The van der Waals surface area contributed by atoms with Crippen LogP contribution < -0.4 is 0 Å². The largest absolute Gasteiger partial charge is 0.375 e. The van der Waals surface area contributed by atoms with Gasteiger partial charge in [0.1, 0.15) is 12.2 Å². The molecule has 0 spiro atoms. The number of benzene rings is 2. The van der Waals surface area contributed by atoms with E-state index in [-0.39, 0.29) is 24.8 Å². The van der Waals surface area contributed by atoms with Crippen LogP contribution in [0.2, 0.25) is 0 Å². The molecule has 2 heterocycles. The molecule has 6 nitrogen and oxygen atoms in total. The molecule has 4 aliphatic rings. The van der Waals surface area contributed by atoms with Gasteiger partial charge >= 0.3 is 0 Å². The van der Waals surface area contributed by atoms with Gasteiger partial charge in [0.25, 0.3) is 0 Å². The first-order valence-electron chi connectivity index (χ1n) is 20.6. The van der Waals surface area contributed by atoms with Crippen molar-refractivity contribution in [3.63, 3.8) is 0 Å². The molecule has 2 aliphatic heterocycles. The molecule has 6 heteroatoms. The molecule has 2 aromatic rings. The third-order valence-electron chi connectivity index (χ3n) is 13.1. The zero-order valence-corrected chi connectivity index (χ0v) is 34.8. The maximum atomic E-state index is 6.36. The molecule has 0 N–H and O–H groups in total. The van der Waals surface area contributed by atoms with Crippen LogP contribution in [0, 0.1) is 77.0 Å². The summed E-state index contributed by atoms with van der Waals surface area (Å²) in [7, 11) is 0. The van der Waals surface area contributed by atoms with E-state index in [4.69, 9.17) is 28.4 Å². The highest BCUT2D eigenvalue weighted by molar-refractivity contribution is 5.40. The maximum Gasteiger partial charge on any atom is 0.184 e. The Labute approximate surface area is 317 Å². The summed E-state index contributed by atoms with van der Waals surface area (Å²) in [6.45, 7) is 29.5. The molecule has 6 rings (SSSR count). The third-order valence-corrected chi connectivity index (χ3v) is 13.1. The highest BCUT2D eigenvalue weighted by atomic mass is 16.7. The second-order valence-corrected chi connectivity index (χ2v) is 17.7. The summed E-state index contributed by atoms with van der Waals surface area (Å²) in [5.74, 6) is 4.24. The van der Waals surface area contributed by atoms with Crippen LogP contribution in [0.1, 0.15) is 137 Å². The van der Waals surface area contributed by atoms with Gasteiger partial charge in [-0.1, -0.05) is 78.6 Å². The van der Waals surface area contributed by atoms with Gasteiger partial charge in [0.2, 0.25) is 0 Å². The van der Waals surface area contributed by atoms with E-state index in [0.29, 0.717) is 62.3 Å². The molecule has 4 fully saturated rings. The standard InChI is InChI=1S/2C23H36O3/c2*1-14(2)20-9-7-15(3)11-22(20)24-12-19-13-25-23(26-19)21-10-8-16(4)17(5)18(21)6/h2*8,10,14-15,19-20,22-23H,7,9,11-13H2,1-6H3/t15-,19?,20?,22-,23?;/m1./s1. The minimum Gasteiger partial charge on any atom is -0.375 e. The highest BCUT2D eigenvalue weighted by Gasteiger charge is 2.36. The summed E-state index contributed by atoms with van der Waals surface area (Å²) in [4.78, 5) is 0. The summed E-state index contributed by atoms with van der Waals surface area (Å²) in [6.07, 6.45) is 7.88. The molecular formula is C46H72O6. The van der Waals surface area contributed by atoms with Gasteiger partial charge in [0, 0.05) is 11.1 Å². The average Bonchev–Trinajstić information content (AvgIpc) is 3.78. The quantitative estimate of drug-likeness (QED) is 0.244. The van der Waals surface area contributed by atoms with Crippen LogP contribution in [-0.4, -0.2) is 50.8 Å². The molecule has 2 saturated heterocycles. The van der Waals surface area contributed by atoms with Crippen molar-refractivity contribution in [3.05, 3.63) is 68.8 Å². The van der Waals surface area contributed by atoms with Crippen LogP contribution in [0.3, 0.4) is 0 Å². The number of hydrogen-bond donors (Lipinski definition) is 0. The molecule has 52 heavy (non-hydrogen) atoms. The Hall–Kier alpha value is -1.80. The summed E-state index contributed by atoms with van der Waals surface area (Å²) >= 11 is 0. The van der Waals surface area contributed by atoms with Crippen LogP contribution in [0.25, 0.3) is 0 Å². The normalized spacial score (nSPS) is 32.3. The van der Waals surface area contributed by atoms with Crippen molar-refractivity contribution < 1.29 is 28.4 Å². The van der Waals surface area contributed by atoms with Crippen molar-refractivity contribution in [3.8, 4) is 0 Å². The minimum atomic E-state index is -0.255. The maximum absolute atomic E-state index is 6.36. The van der Waals surface area contributed by atoms with Crippen molar-refractivity contribution in [2.45, 2.75) is 159 Å². The van der Waals surface area contributed by atoms with Gasteiger partial charge in [-0.2, -0.15) is 0 Å². The molecule has 0 amide bonds. The van der Waals surface area contributed by atoms with Gasteiger partial charge in [-0.15, -0.1) is 0 Å². The van der Waals surface area contributed by atoms with Crippen LogP contribution in [0.15, 0.2) is 24.3 Å². The van der Waals surface area contributed by atoms with E-state index in [9.17, 15) is 0 Å². The van der Waals surface area contributed by atoms with E-state index < -0.39 is 0 Å². The molecule has 2 saturated carbocycles. The second kappa shape index (κ2) is 18.7. The van der Waals surface area contributed by atoms with E-state index >= 15 is 0 Å². The smallest absolute Gasteiger partial charge is 0.184 e. The Morgan fingerprint density at radius 2 is 0.942 bits per heavy atom. The summed E-state index contributed by atoms with van der Waals surface area (Å²) in [5, 5.41) is 0. The zero-order chi connectivity index (χ0) is 37.7. The van der Waals surface area contributed by atoms with Crippen molar-refractivity contribution in [1.29, 1.82) is 0 Å². The Morgan fingerprint density at radius 1 is 0.558 bits per heavy atom.